The molecule has 0 atom stereocenters. The molecule has 22 heavy (non-hydrogen) atoms. The fourth-order valence-corrected chi connectivity index (χ4v) is 2.27. The Labute approximate surface area is 127 Å². The third-order valence-corrected chi connectivity index (χ3v) is 3.28. The van der Waals surface area contributed by atoms with Crippen LogP contribution in [0.25, 0.3) is 23.1 Å². The molecule has 0 spiro atoms. The maximum atomic E-state index is 11.4. The second kappa shape index (κ2) is 5.69. The molecule has 4 heteroatoms. The molecule has 0 aliphatic rings. The molecule has 0 aliphatic carbocycles. The van der Waals surface area contributed by atoms with Gasteiger partial charge in [-0.3, -0.25) is 0 Å². The van der Waals surface area contributed by atoms with E-state index in [4.69, 9.17) is 0 Å². The first-order chi connectivity index (χ1) is 10.6. The van der Waals surface area contributed by atoms with Crippen molar-refractivity contribution >= 4 is 29.0 Å². The minimum absolute atomic E-state index is 0.180. The van der Waals surface area contributed by atoms with E-state index >= 15 is 0 Å². The number of hydrogen-bond acceptors (Lipinski definition) is 3. The third-order valence-electron chi connectivity index (χ3n) is 3.28. The first kappa shape index (κ1) is 13.8. The Hall–Kier alpha value is -3.14. The lowest BCUT2D eigenvalue weighted by Gasteiger charge is -2.04. The first-order valence-electron chi connectivity index (χ1n) is 6.74. The largest absolute Gasteiger partial charge is 0.508 e. The van der Waals surface area contributed by atoms with Gasteiger partial charge in [0.1, 0.15) is 5.75 Å². The number of nitrogens with zero attached hydrogens (tertiary/aromatic N) is 1. The molecule has 3 rings (SSSR count). The molecule has 108 valence electrons. The van der Waals surface area contributed by atoms with E-state index < -0.39 is 5.97 Å². The molecule has 0 aliphatic heterocycles. The predicted molar refractivity (Wildman–Crippen MR) is 85.7 cm³/mol. The Morgan fingerprint density at radius 1 is 1.00 bits per heavy atom. The quantitative estimate of drug-likeness (QED) is 0.769. The summed E-state index contributed by atoms with van der Waals surface area (Å²) in [6.45, 7) is 0. The topological polar surface area (TPSA) is 70.4 Å². The number of para-hydroxylation sites is 1. The van der Waals surface area contributed by atoms with Gasteiger partial charge in [0.2, 0.25) is 0 Å². The van der Waals surface area contributed by atoms with E-state index in [2.05, 4.69) is 4.98 Å². The predicted octanol–water partition coefficient (Wildman–Crippen LogP) is 3.81. The number of aromatic nitrogens is 1. The molecule has 3 aromatic rings. The van der Waals surface area contributed by atoms with Crippen molar-refractivity contribution in [3.05, 3.63) is 71.4 Å². The van der Waals surface area contributed by atoms with Crippen LogP contribution < -0.4 is 0 Å². The standard InChI is InChI=1S/C18H13NO3/c20-14-5-3-4-12(10-14)8-9-13-11-16(18(21)22)15-6-1-2-7-17(15)19-13/h1-11,20H,(H,21,22)/b9-8+. The van der Waals surface area contributed by atoms with Gasteiger partial charge in [-0.25, -0.2) is 9.78 Å². The van der Waals surface area contributed by atoms with Gasteiger partial charge in [-0.1, -0.05) is 36.4 Å². The molecule has 0 fully saturated rings. The second-order valence-corrected chi connectivity index (χ2v) is 4.85. The van der Waals surface area contributed by atoms with E-state index in [1.165, 1.54) is 0 Å². The van der Waals surface area contributed by atoms with E-state index in [9.17, 15) is 15.0 Å². The summed E-state index contributed by atoms with van der Waals surface area (Å²) in [5.74, 6) is -0.801. The number of benzene rings is 2. The van der Waals surface area contributed by atoms with Crippen molar-refractivity contribution in [3.63, 3.8) is 0 Å². The van der Waals surface area contributed by atoms with Crippen molar-refractivity contribution in [2.24, 2.45) is 0 Å². The van der Waals surface area contributed by atoms with Gasteiger partial charge in [0.15, 0.2) is 0 Å². The fraction of sp³-hybridized carbons (Fsp3) is 0. The number of aromatic carboxylic acids is 1. The van der Waals surface area contributed by atoms with Gasteiger partial charge in [0, 0.05) is 5.39 Å². The smallest absolute Gasteiger partial charge is 0.336 e. The molecule has 1 aromatic heterocycles. The lowest BCUT2D eigenvalue weighted by Crippen LogP contribution is -2.00. The summed E-state index contributed by atoms with van der Waals surface area (Å²) >= 11 is 0. The van der Waals surface area contributed by atoms with Gasteiger partial charge in [-0.15, -0.1) is 0 Å². The number of pyridine rings is 1. The van der Waals surface area contributed by atoms with E-state index in [0.29, 0.717) is 16.6 Å². The highest BCUT2D eigenvalue weighted by atomic mass is 16.4. The molecule has 4 nitrogen and oxygen atoms in total. The lowest BCUT2D eigenvalue weighted by molar-refractivity contribution is 0.0699. The van der Waals surface area contributed by atoms with Crippen molar-refractivity contribution in [1.29, 1.82) is 0 Å². The number of carboxylic acid groups (broad SMARTS) is 1. The van der Waals surface area contributed by atoms with Crippen molar-refractivity contribution in [2.45, 2.75) is 0 Å². The molecule has 2 N–H and O–H groups in total. The van der Waals surface area contributed by atoms with Crippen LogP contribution in [0.2, 0.25) is 0 Å². The maximum Gasteiger partial charge on any atom is 0.336 e. The van der Waals surface area contributed by atoms with E-state index in [1.807, 2.05) is 12.1 Å². The van der Waals surface area contributed by atoms with Crippen molar-refractivity contribution in [3.8, 4) is 5.75 Å². The molecule has 0 unspecified atom stereocenters. The minimum atomic E-state index is -0.981. The monoisotopic (exact) mass is 291 g/mol. The van der Waals surface area contributed by atoms with Crippen LogP contribution in [0.15, 0.2) is 54.6 Å². The van der Waals surface area contributed by atoms with Crippen LogP contribution in [-0.2, 0) is 0 Å². The van der Waals surface area contributed by atoms with Gasteiger partial charge in [-0.05, 0) is 35.9 Å². The first-order valence-corrected chi connectivity index (χ1v) is 6.74. The molecular formula is C18H13NO3. The van der Waals surface area contributed by atoms with Gasteiger partial charge in [0.25, 0.3) is 0 Å². The van der Waals surface area contributed by atoms with Crippen LogP contribution in [0, 0.1) is 0 Å². The van der Waals surface area contributed by atoms with Gasteiger partial charge < -0.3 is 10.2 Å². The van der Waals surface area contributed by atoms with Crippen LogP contribution in [0.3, 0.4) is 0 Å². The number of phenols is 1. The average Bonchev–Trinajstić information content (AvgIpc) is 2.52. The highest BCUT2D eigenvalue weighted by molar-refractivity contribution is 6.03. The highest BCUT2D eigenvalue weighted by Gasteiger charge is 2.10. The molecule has 2 aromatic carbocycles. The van der Waals surface area contributed by atoms with Crippen LogP contribution in [0.1, 0.15) is 21.6 Å². The van der Waals surface area contributed by atoms with Crippen molar-refractivity contribution in [1.82, 2.24) is 4.98 Å². The molecule has 0 saturated heterocycles. The number of phenolic OH excluding ortho intramolecular Hbond substituents is 1. The van der Waals surface area contributed by atoms with Crippen molar-refractivity contribution in [2.75, 3.05) is 0 Å². The Kier molecular flexibility index (Phi) is 3.58. The summed E-state index contributed by atoms with van der Waals surface area (Å²) in [4.78, 5) is 15.8. The lowest BCUT2D eigenvalue weighted by atomic mass is 10.1. The van der Waals surface area contributed by atoms with Crippen LogP contribution in [-0.4, -0.2) is 21.2 Å². The SMILES string of the molecule is O=C(O)c1cc(/C=C/c2cccc(O)c2)nc2ccccc12. The van der Waals surface area contributed by atoms with Crippen LogP contribution in [0.5, 0.6) is 5.75 Å². The summed E-state index contributed by atoms with van der Waals surface area (Å²) < 4.78 is 0. The summed E-state index contributed by atoms with van der Waals surface area (Å²) in [7, 11) is 0. The normalized spacial score (nSPS) is 11.1. The zero-order valence-electron chi connectivity index (χ0n) is 11.6. The fourth-order valence-electron chi connectivity index (χ4n) is 2.27. The summed E-state index contributed by atoms with van der Waals surface area (Å²) in [6.07, 6.45) is 3.51. The number of hydrogen-bond donors (Lipinski definition) is 2. The molecule has 0 amide bonds. The average molecular weight is 291 g/mol. The van der Waals surface area contributed by atoms with Crippen LogP contribution >= 0.6 is 0 Å². The Morgan fingerprint density at radius 2 is 1.82 bits per heavy atom. The van der Waals surface area contributed by atoms with Gasteiger partial charge in [0.05, 0.1) is 16.8 Å². The molecule has 0 bridgehead atoms. The number of carbonyl (C=O) groups is 1. The Morgan fingerprint density at radius 3 is 2.59 bits per heavy atom. The van der Waals surface area contributed by atoms with Crippen LogP contribution in [0.4, 0.5) is 0 Å². The summed E-state index contributed by atoms with van der Waals surface area (Å²) in [5, 5.41) is 19.4. The summed E-state index contributed by atoms with van der Waals surface area (Å²) in [6, 6.07) is 15.5. The number of rotatable bonds is 3. The van der Waals surface area contributed by atoms with Crippen molar-refractivity contribution < 1.29 is 15.0 Å². The number of aromatic hydroxyl groups is 1. The summed E-state index contributed by atoms with van der Waals surface area (Å²) in [5.41, 5.74) is 2.23. The Bertz CT molecular complexity index is 884. The molecular weight excluding hydrogens is 278 g/mol. The third kappa shape index (κ3) is 2.81. The molecule has 0 saturated carbocycles. The minimum Gasteiger partial charge on any atom is -0.508 e. The van der Waals surface area contributed by atoms with E-state index in [0.717, 1.165) is 5.56 Å². The molecule has 1 heterocycles. The molecule has 0 radical (unpaired) electrons. The Balaban J connectivity index is 2.06. The van der Waals surface area contributed by atoms with E-state index in [-0.39, 0.29) is 11.3 Å². The number of fused-ring (bicyclic) bond motifs is 1. The highest BCUT2D eigenvalue weighted by Crippen LogP contribution is 2.20. The van der Waals surface area contributed by atoms with E-state index in [1.54, 1.807) is 54.6 Å². The second-order valence-electron chi connectivity index (χ2n) is 4.85. The van der Waals surface area contributed by atoms with Gasteiger partial charge >= 0.3 is 5.97 Å². The van der Waals surface area contributed by atoms with Gasteiger partial charge in [-0.2, -0.15) is 0 Å². The zero-order chi connectivity index (χ0) is 15.5. The zero-order valence-corrected chi connectivity index (χ0v) is 11.6. The maximum absolute atomic E-state index is 11.4. The number of carboxylic acids is 1.